The van der Waals surface area contributed by atoms with Gasteiger partial charge in [0.1, 0.15) is 11.3 Å². The highest BCUT2D eigenvalue weighted by Crippen LogP contribution is 2.47. The minimum Gasteiger partial charge on any atom is -0.479 e. The zero-order valence-electron chi connectivity index (χ0n) is 19.5. The largest absolute Gasteiger partial charge is 0.479 e. The number of carboxylic acid groups (broad SMARTS) is 1. The molecule has 1 fully saturated rings. The van der Waals surface area contributed by atoms with E-state index < -0.39 is 29.2 Å². The van der Waals surface area contributed by atoms with E-state index in [2.05, 4.69) is 16.3 Å². The van der Waals surface area contributed by atoms with E-state index in [1.807, 2.05) is 24.5 Å². The first-order valence-electron chi connectivity index (χ1n) is 11.3. The Morgan fingerprint density at radius 1 is 1.37 bits per heavy atom. The lowest BCUT2D eigenvalue weighted by Crippen LogP contribution is -2.24. The van der Waals surface area contributed by atoms with Gasteiger partial charge in [-0.2, -0.15) is 10.4 Å². The number of halogens is 2. The molecule has 2 aromatic heterocycles. The molecule has 1 aliphatic rings. The maximum Gasteiger partial charge on any atom is 0.332 e. The van der Waals surface area contributed by atoms with Gasteiger partial charge >= 0.3 is 5.97 Å². The number of fused-ring (bicyclic) bond motifs is 2. The molecule has 0 radical (unpaired) electrons. The number of nitrogens with zero attached hydrogens (tertiary/aromatic N) is 3. The molecule has 2 aromatic carbocycles. The van der Waals surface area contributed by atoms with Crippen molar-refractivity contribution in [2.45, 2.75) is 51.0 Å². The third kappa shape index (κ3) is 3.56. The zero-order valence-corrected chi connectivity index (χ0v) is 19.5. The summed E-state index contributed by atoms with van der Waals surface area (Å²) in [5.74, 6) is -2.35. The number of nitriles is 1. The van der Waals surface area contributed by atoms with Gasteiger partial charge in [-0.1, -0.05) is 13.8 Å². The van der Waals surface area contributed by atoms with E-state index in [0.717, 1.165) is 0 Å². The number of hydrogen-bond donors (Lipinski definition) is 2. The van der Waals surface area contributed by atoms with Crippen molar-refractivity contribution in [3.63, 3.8) is 0 Å². The second kappa shape index (κ2) is 8.17. The summed E-state index contributed by atoms with van der Waals surface area (Å²) < 4.78 is 37.7. The first-order chi connectivity index (χ1) is 16.6. The van der Waals surface area contributed by atoms with Crippen molar-refractivity contribution in [1.29, 1.82) is 5.26 Å². The highest BCUT2D eigenvalue weighted by Gasteiger charge is 2.40. The average Bonchev–Trinajstić information content (AvgIpc) is 3.52. The number of aromatic nitrogens is 3. The number of aliphatic carboxylic acids is 1. The third-order valence-electron chi connectivity index (χ3n) is 6.89. The van der Waals surface area contributed by atoms with Crippen molar-refractivity contribution < 1.29 is 23.4 Å². The molecule has 3 heterocycles. The summed E-state index contributed by atoms with van der Waals surface area (Å²) in [5.41, 5.74) is 2.37. The van der Waals surface area contributed by atoms with Crippen LogP contribution in [0.3, 0.4) is 0 Å². The Balaban J connectivity index is 1.93. The van der Waals surface area contributed by atoms with Crippen molar-refractivity contribution >= 4 is 27.8 Å². The van der Waals surface area contributed by atoms with Crippen LogP contribution in [-0.2, 0) is 14.9 Å². The number of nitrogens with one attached hydrogen (secondary N) is 1. The van der Waals surface area contributed by atoms with Crippen molar-refractivity contribution in [1.82, 2.24) is 14.8 Å². The van der Waals surface area contributed by atoms with Crippen LogP contribution in [0.4, 0.5) is 8.78 Å². The van der Waals surface area contributed by atoms with Gasteiger partial charge in [-0.3, -0.25) is 5.10 Å². The Morgan fingerprint density at radius 3 is 2.80 bits per heavy atom. The molecule has 0 aliphatic carbocycles. The molecule has 4 aromatic rings. The molecule has 0 amide bonds. The molecule has 0 unspecified atom stereocenters. The summed E-state index contributed by atoms with van der Waals surface area (Å²) >= 11 is 0. The van der Waals surface area contributed by atoms with Gasteiger partial charge in [-0.15, -0.1) is 0 Å². The summed E-state index contributed by atoms with van der Waals surface area (Å²) in [5, 5.41) is 26.7. The fourth-order valence-corrected chi connectivity index (χ4v) is 5.21. The molecule has 2 atom stereocenters. The van der Waals surface area contributed by atoms with Gasteiger partial charge in [0.05, 0.1) is 24.4 Å². The SMILES string of the molecule is Cc1cc(-n2c(C(C)(C)CC#N)c([C@@H]3CO[C@@H](C(=O)O)C3)c3c(F)c4[nH]ncc4cc32)ccc1F. The van der Waals surface area contributed by atoms with E-state index in [1.54, 1.807) is 19.1 Å². The molecule has 0 spiro atoms. The number of aromatic amines is 1. The van der Waals surface area contributed by atoms with Gasteiger partial charge in [0.2, 0.25) is 0 Å². The minimum atomic E-state index is -1.07. The monoisotopic (exact) mass is 478 g/mol. The fraction of sp³-hybridized carbons (Fsp3) is 0.346. The number of hydrogen-bond acceptors (Lipinski definition) is 4. The van der Waals surface area contributed by atoms with Crippen molar-refractivity contribution in [2.24, 2.45) is 0 Å². The van der Waals surface area contributed by atoms with Gasteiger partial charge < -0.3 is 14.4 Å². The Morgan fingerprint density at radius 2 is 2.14 bits per heavy atom. The maximum atomic E-state index is 16.1. The molecule has 0 saturated carbocycles. The predicted octanol–water partition coefficient (Wildman–Crippen LogP) is 5.24. The van der Waals surface area contributed by atoms with Crippen LogP contribution in [0.1, 0.15) is 49.4 Å². The summed E-state index contributed by atoms with van der Waals surface area (Å²) in [4.78, 5) is 11.6. The highest BCUT2D eigenvalue weighted by atomic mass is 19.1. The molecule has 5 rings (SSSR count). The van der Waals surface area contributed by atoms with E-state index in [4.69, 9.17) is 4.74 Å². The third-order valence-corrected chi connectivity index (χ3v) is 6.89. The smallest absolute Gasteiger partial charge is 0.332 e. The van der Waals surface area contributed by atoms with Crippen LogP contribution in [-0.4, -0.2) is 38.6 Å². The van der Waals surface area contributed by atoms with Gasteiger partial charge in [-0.05, 0) is 48.7 Å². The first-order valence-corrected chi connectivity index (χ1v) is 11.3. The van der Waals surface area contributed by atoms with Crippen molar-refractivity contribution in [2.75, 3.05) is 6.61 Å². The van der Waals surface area contributed by atoms with E-state index >= 15 is 4.39 Å². The number of ether oxygens (including phenoxy) is 1. The number of carboxylic acids is 1. The molecule has 35 heavy (non-hydrogen) atoms. The Kier molecular flexibility index (Phi) is 5.37. The second-order valence-electron chi connectivity index (χ2n) is 9.76. The number of benzene rings is 2. The lowest BCUT2D eigenvalue weighted by molar-refractivity contribution is -0.147. The molecule has 0 bridgehead atoms. The molecule has 2 N–H and O–H groups in total. The van der Waals surface area contributed by atoms with Crippen LogP contribution in [0.15, 0.2) is 30.5 Å². The van der Waals surface area contributed by atoms with Crippen LogP contribution in [0, 0.1) is 29.9 Å². The fourth-order valence-electron chi connectivity index (χ4n) is 5.21. The van der Waals surface area contributed by atoms with E-state index in [1.165, 1.54) is 12.3 Å². The predicted molar refractivity (Wildman–Crippen MR) is 126 cm³/mol. The van der Waals surface area contributed by atoms with Crippen LogP contribution >= 0.6 is 0 Å². The quantitative estimate of drug-likeness (QED) is 0.408. The molecular formula is C26H24F2N4O3. The molecule has 9 heteroatoms. The molecular weight excluding hydrogens is 454 g/mol. The Hall–Kier alpha value is -3.77. The van der Waals surface area contributed by atoms with Gasteiger partial charge in [-0.25, -0.2) is 13.6 Å². The topological polar surface area (TPSA) is 104 Å². The lowest BCUT2D eigenvalue weighted by atomic mass is 9.79. The molecule has 1 saturated heterocycles. The average molecular weight is 478 g/mol. The van der Waals surface area contributed by atoms with Gasteiger partial charge in [0.25, 0.3) is 0 Å². The number of rotatable bonds is 5. The standard InChI is InChI=1S/C26H24F2N4O3/c1-13-8-16(4-5-17(13)27)32-18-9-14-11-30-31-23(14)22(28)21(18)20(24(32)26(2,3)6-7-29)15-10-19(25(33)34)35-12-15/h4-5,8-9,11,15,19H,6,10,12H2,1-3H3,(H,30,31)(H,33,34)/t15-,19+/m0/s1. The van der Waals surface area contributed by atoms with Crippen LogP contribution in [0.2, 0.25) is 0 Å². The first kappa shape index (κ1) is 23.0. The number of H-pyrrole nitrogens is 1. The van der Waals surface area contributed by atoms with Crippen LogP contribution in [0.25, 0.3) is 27.5 Å². The van der Waals surface area contributed by atoms with Crippen molar-refractivity contribution in [3.8, 4) is 11.8 Å². The van der Waals surface area contributed by atoms with Gasteiger partial charge in [0, 0.05) is 39.9 Å². The summed E-state index contributed by atoms with van der Waals surface area (Å²) in [6.07, 6.45) is 0.835. The molecule has 180 valence electrons. The Bertz CT molecular complexity index is 1530. The van der Waals surface area contributed by atoms with E-state index in [0.29, 0.717) is 38.8 Å². The number of aryl methyl sites for hydroxylation is 1. The van der Waals surface area contributed by atoms with E-state index in [-0.39, 0.29) is 30.8 Å². The maximum absolute atomic E-state index is 16.1. The molecule has 7 nitrogen and oxygen atoms in total. The van der Waals surface area contributed by atoms with Crippen LogP contribution < -0.4 is 0 Å². The van der Waals surface area contributed by atoms with E-state index in [9.17, 15) is 19.6 Å². The normalized spacial score (nSPS) is 18.4. The summed E-state index contributed by atoms with van der Waals surface area (Å²) in [6.45, 7) is 5.56. The molecule has 1 aliphatic heterocycles. The second-order valence-corrected chi connectivity index (χ2v) is 9.76. The number of carbonyl (C=O) groups is 1. The minimum absolute atomic E-state index is 0.106. The lowest BCUT2D eigenvalue weighted by Gasteiger charge is -2.28. The Labute approximate surface area is 199 Å². The van der Waals surface area contributed by atoms with Gasteiger partial charge in [0.15, 0.2) is 11.9 Å². The summed E-state index contributed by atoms with van der Waals surface area (Å²) in [6, 6.07) is 8.72. The zero-order chi connectivity index (χ0) is 25.1. The summed E-state index contributed by atoms with van der Waals surface area (Å²) in [7, 11) is 0. The van der Waals surface area contributed by atoms with Crippen molar-refractivity contribution in [3.05, 3.63) is 58.9 Å². The van der Waals surface area contributed by atoms with Crippen LogP contribution in [0.5, 0.6) is 0 Å². The highest BCUT2D eigenvalue weighted by molar-refractivity contribution is 6.00.